The molecule has 0 spiro atoms. The van der Waals surface area contributed by atoms with Gasteiger partial charge in [-0.25, -0.2) is 19.2 Å². The topological polar surface area (TPSA) is 66.9 Å². The quantitative estimate of drug-likeness (QED) is 0.758. The van der Waals surface area contributed by atoms with Crippen molar-refractivity contribution in [2.75, 3.05) is 10.6 Å². The van der Waals surface area contributed by atoms with Gasteiger partial charge in [0.15, 0.2) is 0 Å². The van der Waals surface area contributed by atoms with Crippen molar-refractivity contribution in [1.82, 2.24) is 9.97 Å². The van der Waals surface area contributed by atoms with Crippen LogP contribution in [-0.2, 0) is 0 Å². The molecule has 0 saturated carbocycles. The summed E-state index contributed by atoms with van der Waals surface area (Å²) in [5.41, 5.74) is 2.92. The largest absolute Gasteiger partial charge is 0.323 e. The Morgan fingerprint density at radius 2 is 1.50 bits per heavy atom. The lowest BCUT2D eigenvalue weighted by atomic mass is 10.1. The maximum atomic E-state index is 12.8. The normalized spacial score (nSPS) is 10.2. The molecule has 2 N–H and O–H groups in total. The van der Waals surface area contributed by atoms with E-state index in [0.29, 0.717) is 17.2 Å². The summed E-state index contributed by atoms with van der Waals surface area (Å²) in [5, 5.41) is 5.35. The highest BCUT2D eigenvalue weighted by atomic mass is 19.1. The first-order chi connectivity index (χ1) is 11.6. The highest BCUT2D eigenvalue weighted by molar-refractivity contribution is 5.99. The van der Waals surface area contributed by atoms with E-state index in [2.05, 4.69) is 20.6 Å². The van der Waals surface area contributed by atoms with E-state index in [9.17, 15) is 9.18 Å². The smallest absolute Gasteiger partial charge is 0.308 e. The third-order valence-electron chi connectivity index (χ3n) is 3.32. The van der Waals surface area contributed by atoms with Crippen LogP contribution in [0.2, 0.25) is 0 Å². The number of halogens is 1. The van der Waals surface area contributed by atoms with E-state index in [1.54, 1.807) is 18.3 Å². The summed E-state index contributed by atoms with van der Waals surface area (Å²) < 4.78 is 12.8. The van der Waals surface area contributed by atoms with E-state index in [4.69, 9.17) is 0 Å². The lowest BCUT2D eigenvalue weighted by Crippen LogP contribution is -2.19. The Labute approximate surface area is 138 Å². The maximum absolute atomic E-state index is 12.8. The van der Waals surface area contributed by atoms with Gasteiger partial charge in [0.05, 0.1) is 5.69 Å². The van der Waals surface area contributed by atoms with Gasteiger partial charge in [-0.15, -0.1) is 0 Å². The molecule has 2 amide bonds. The fourth-order valence-corrected chi connectivity index (χ4v) is 2.17. The van der Waals surface area contributed by atoms with E-state index < -0.39 is 6.03 Å². The van der Waals surface area contributed by atoms with E-state index >= 15 is 0 Å². The highest BCUT2D eigenvalue weighted by Gasteiger charge is 2.04. The summed E-state index contributed by atoms with van der Waals surface area (Å²) in [6.07, 6.45) is 1.71. The standard InChI is InChI=1S/C18H15FN4O/c1-12-20-11-10-17(21-12)13-2-6-15(7-3-13)22-18(24)23-16-8-4-14(19)5-9-16/h2-11H,1H3,(H2,22,23,24). The number of carbonyl (C=O) groups excluding carboxylic acids is 1. The van der Waals surface area contributed by atoms with Gasteiger partial charge in [0.1, 0.15) is 11.6 Å². The molecule has 0 unspecified atom stereocenters. The Balaban J connectivity index is 1.65. The third-order valence-corrected chi connectivity index (χ3v) is 3.32. The predicted molar refractivity (Wildman–Crippen MR) is 91.2 cm³/mol. The molecule has 120 valence electrons. The van der Waals surface area contributed by atoms with Crippen LogP contribution in [0.15, 0.2) is 60.8 Å². The Hall–Kier alpha value is -3.28. The second-order valence-electron chi connectivity index (χ2n) is 5.15. The molecule has 0 saturated heterocycles. The van der Waals surface area contributed by atoms with Crippen LogP contribution in [0.1, 0.15) is 5.82 Å². The number of aryl methyl sites for hydroxylation is 1. The number of amides is 2. The van der Waals surface area contributed by atoms with Crippen LogP contribution < -0.4 is 10.6 Å². The van der Waals surface area contributed by atoms with Crippen molar-refractivity contribution in [3.05, 3.63) is 72.4 Å². The second kappa shape index (κ2) is 6.87. The predicted octanol–water partition coefficient (Wildman–Crippen LogP) is 4.24. The number of rotatable bonds is 3. The van der Waals surface area contributed by atoms with Crippen LogP contribution >= 0.6 is 0 Å². The molecule has 0 aliphatic heterocycles. The van der Waals surface area contributed by atoms with Crippen LogP contribution in [-0.4, -0.2) is 16.0 Å². The first kappa shape index (κ1) is 15.6. The van der Waals surface area contributed by atoms with E-state index in [0.717, 1.165) is 11.3 Å². The monoisotopic (exact) mass is 322 g/mol. The minimum absolute atomic E-state index is 0.350. The summed E-state index contributed by atoms with van der Waals surface area (Å²) in [6, 6.07) is 14.3. The van der Waals surface area contributed by atoms with Gasteiger partial charge in [-0.2, -0.15) is 0 Å². The summed E-state index contributed by atoms with van der Waals surface area (Å²) in [5.74, 6) is 0.352. The van der Waals surface area contributed by atoms with E-state index in [1.165, 1.54) is 24.3 Å². The average molecular weight is 322 g/mol. The Morgan fingerprint density at radius 3 is 2.08 bits per heavy atom. The van der Waals surface area contributed by atoms with Gasteiger partial charge in [0.2, 0.25) is 0 Å². The van der Waals surface area contributed by atoms with Crippen molar-refractivity contribution in [3.63, 3.8) is 0 Å². The second-order valence-corrected chi connectivity index (χ2v) is 5.15. The molecule has 1 heterocycles. The van der Waals surface area contributed by atoms with Crippen molar-refractivity contribution in [1.29, 1.82) is 0 Å². The fourth-order valence-electron chi connectivity index (χ4n) is 2.17. The number of nitrogens with zero attached hydrogens (tertiary/aromatic N) is 2. The molecule has 24 heavy (non-hydrogen) atoms. The van der Waals surface area contributed by atoms with E-state index in [-0.39, 0.29) is 5.82 Å². The Kier molecular flexibility index (Phi) is 4.47. The van der Waals surface area contributed by atoms with Gasteiger partial charge in [-0.3, -0.25) is 0 Å². The van der Waals surface area contributed by atoms with Crippen LogP contribution in [0.4, 0.5) is 20.6 Å². The molecule has 0 radical (unpaired) electrons. The molecule has 6 heteroatoms. The Bertz CT molecular complexity index is 848. The molecular weight excluding hydrogens is 307 g/mol. The van der Waals surface area contributed by atoms with Crippen molar-refractivity contribution in [2.24, 2.45) is 0 Å². The number of carbonyl (C=O) groups is 1. The molecule has 0 atom stereocenters. The van der Waals surface area contributed by atoms with Crippen LogP contribution in [0.3, 0.4) is 0 Å². The zero-order valence-corrected chi connectivity index (χ0v) is 13.0. The molecule has 0 aliphatic rings. The lowest BCUT2D eigenvalue weighted by molar-refractivity contribution is 0.262. The molecule has 3 rings (SSSR count). The number of urea groups is 1. The third kappa shape index (κ3) is 3.92. The number of benzene rings is 2. The van der Waals surface area contributed by atoms with Gasteiger partial charge in [0, 0.05) is 23.1 Å². The molecule has 1 aromatic heterocycles. The SMILES string of the molecule is Cc1nccc(-c2ccc(NC(=O)Nc3ccc(F)cc3)cc2)n1. The van der Waals surface area contributed by atoms with Gasteiger partial charge in [0.25, 0.3) is 0 Å². The van der Waals surface area contributed by atoms with Crippen LogP contribution in [0.5, 0.6) is 0 Å². The minimum Gasteiger partial charge on any atom is -0.308 e. The van der Waals surface area contributed by atoms with Gasteiger partial charge in [-0.05, 0) is 49.4 Å². The Morgan fingerprint density at radius 1 is 0.917 bits per heavy atom. The molecule has 5 nitrogen and oxygen atoms in total. The molecule has 0 bridgehead atoms. The number of aromatic nitrogens is 2. The van der Waals surface area contributed by atoms with Crippen LogP contribution in [0.25, 0.3) is 11.3 Å². The van der Waals surface area contributed by atoms with Gasteiger partial charge in [-0.1, -0.05) is 12.1 Å². The van der Waals surface area contributed by atoms with Crippen molar-refractivity contribution >= 4 is 17.4 Å². The van der Waals surface area contributed by atoms with Gasteiger partial charge >= 0.3 is 6.03 Å². The molecule has 0 fully saturated rings. The molecule has 0 aliphatic carbocycles. The minimum atomic E-state index is -0.396. The zero-order valence-electron chi connectivity index (χ0n) is 13.0. The molecular formula is C18H15FN4O. The van der Waals surface area contributed by atoms with Crippen molar-refractivity contribution in [3.8, 4) is 11.3 Å². The zero-order chi connectivity index (χ0) is 16.9. The maximum Gasteiger partial charge on any atom is 0.323 e. The molecule has 3 aromatic rings. The summed E-state index contributed by atoms with van der Waals surface area (Å²) in [4.78, 5) is 20.4. The van der Waals surface area contributed by atoms with Crippen molar-refractivity contribution in [2.45, 2.75) is 6.92 Å². The van der Waals surface area contributed by atoms with Crippen LogP contribution in [0, 0.1) is 12.7 Å². The first-order valence-corrected chi connectivity index (χ1v) is 7.34. The number of hydrogen-bond acceptors (Lipinski definition) is 3. The lowest BCUT2D eigenvalue weighted by Gasteiger charge is -2.08. The average Bonchev–Trinajstić information content (AvgIpc) is 2.58. The number of nitrogens with one attached hydrogen (secondary N) is 2. The van der Waals surface area contributed by atoms with Gasteiger partial charge < -0.3 is 10.6 Å². The summed E-state index contributed by atoms with van der Waals surface area (Å²) in [6.45, 7) is 1.83. The number of anilines is 2. The summed E-state index contributed by atoms with van der Waals surface area (Å²) in [7, 11) is 0. The van der Waals surface area contributed by atoms with E-state index in [1.807, 2.05) is 25.1 Å². The number of hydrogen-bond donors (Lipinski definition) is 2. The van der Waals surface area contributed by atoms with Crippen molar-refractivity contribution < 1.29 is 9.18 Å². The molecule has 2 aromatic carbocycles. The first-order valence-electron chi connectivity index (χ1n) is 7.34. The fraction of sp³-hybridized carbons (Fsp3) is 0.0556. The summed E-state index contributed by atoms with van der Waals surface area (Å²) >= 11 is 0. The highest BCUT2D eigenvalue weighted by Crippen LogP contribution is 2.19.